The van der Waals surface area contributed by atoms with E-state index in [1.807, 2.05) is 44.2 Å². The van der Waals surface area contributed by atoms with Crippen molar-refractivity contribution in [3.63, 3.8) is 0 Å². The van der Waals surface area contributed by atoms with Gasteiger partial charge in [0.15, 0.2) is 0 Å². The molecular formula is C17H21NO3. The van der Waals surface area contributed by atoms with Crippen molar-refractivity contribution in [1.82, 2.24) is 4.98 Å². The molecule has 0 aliphatic heterocycles. The molecule has 0 aliphatic carbocycles. The molecule has 0 spiro atoms. The number of hydrogen-bond acceptors (Lipinski definition) is 4. The summed E-state index contributed by atoms with van der Waals surface area (Å²) in [6, 6.07) is 9.34. The lowest BCUT2D eigenvalue weighted by Crippen LogP contribution is -2.00. The maximum atomic E-state index is 9.47. The number of nitrogens with zero attached hydrogens (tertiary/aromatic N) is 1. The summed E-state index contributed by atoms with van der Waals surface area (Å²) in [6.45, 7) is 6.52. The summed E-state index contributed by atoms with van der Waals surface area (Å²) in [4.78, 5) is 4.36. The fourth-order valence-corrected chi connectivity index (χ4v) is 2.04. The van der Waals surface area contributed by atoms with Crippen LogP contribution in [0.1, 0.15) is 30.2 Å². The van der Waals surface area contributed by atoms with Gasteiger partial charge in [-0.05, 0) is 56.2 Å². The minimum atomic E-state index is -0.0911. The highest BCUT2D eigenvalue weighted by Crippen LogP contribution is 2.27. The monoisotopic (exact) mass is 287 g/mol. The topological polar surface area (TPSA) is 51.6 Å². The molecule has 0 radical (unpaired) electrons. The molecule has 1 N–H and O–H groups in total. The van der Waals surface area contributed by atoms with Crippen molar-refractivity contribution >= 4 is 0 Å². The van der Waals surface area contributed by atoms with Crippen molar-refractivity contribution in [2.45, 2.75) is 33.8 Å². The van der Waals surface area contributed by atoms with Crippen molar-refractivity contribution in [1.29, 1.82) is 0 Å². The van der Waals surface area contributed by atoms with E-state index >= 15 is 0 Å². The molecule has 4 heteroatoms. The highest BCUT2D eigenvalue weighted by Gasteiger charge is 2.10. The zero-order chi connectivity index (χ0) is 15.2. The maximum absolute atomic E-state index is 9.47. The highest BCUT2D eigenvalue weighted by molar-refractivity contribution is 5.39. The van der Waals surface area contributed by atoms with E-state index in [9.17, 15) is 5.11 Å². The number of aryl methyl sites for hydroxylation is 2. The van der Waals surface area contributed by atoms with Crippen LogP contribution >= 0.6 is 0 Å². The van der Waals surface area contributed by atoms with Crippen molar-refractivity contribution in [3.05, 3.63) is 47.2 Å². The second-order valence-electron chi connectivity index (χ2n) is 4.94. The number of hydrogen-bond donors (Lipinski definition) is 1. The van der Waals surface area contributed by atoms with Crippen LogP contribution in [0.5, 0.6) is 17.4 Å². The first-order valence-electron chi connectivity index (χ1n) is 7.12. The molecular weight excluding hydrogens is 266 g/mol. The summed E-state index contributed by atoms with van der Waals surface area (Å²) >= 11 is 0. The number of aromatic nitrogens is 1. The molecule has 0 saturated carbocycles. The van der Waals surface area contributed by atoms with E-state index in [2.05, 4.69) is 11.9 Å². The van der Waals surface area contributed by atoms with E-state index < -0.39 is 0 Å². The summed E-state index contributed by atoms with van der Waals surface area (Å²) in [5.41, 5.74) is 2.55. The minimum absolute atomic E-state index is 0.0911. The van der Waals surface area contributed by atoms with Gasteiger partial charge in [-0.2, -0.15) is 0 Å². The van der Waals surface area contributed by atoms with Gasteiger partial charge in [0.05, 0.1) is 13.2 Å². The Morgan fingerprint density at radius 1 is 1.10 bits per heavy atom. The maximum Gasteiger partial charge on any atom is 0.225 e. The molecule has 0 aliphatic rings. The van der Waals surface area contributed by atoms with Gasteiger partial charge < -0.3 is 14.6 Å². The van der Waals surface area contributed by atoms with E-state index in [-0.39, 0.29) is 6.61 Å². The lowest BCUT2D eigenvalue weighted by atomic mass is 10.1. The van der Waals surface area contributed by atoms with Crippen LogP contribution in [-0.4, -0.2) is 16.7 Å². The van der Waals surface area contributed by atoms with E-state index in [0.717, 1.165) is 23.4 Å². The highest BCUT2D eigenvalue weighted by atomic mass is 16.5. The molecule has 0 bridgehead atoms. The van der Waals surface area contributed by atoms with Gasteiger partial charge in [-0.1, -0.05) is 6.92 Å². The second-order valence-corrected chi connectivity index (χ2v) is 4.94. The van der Waals surface area contributed by atoms with Gasteiger partial charge >= 0.3 is 0 Å². The summed E-state index contributed by atoms with van der Waals surface area (Å²) in [7, 11) is 0. The molecule has 112 valence electrons. The molecule has 2 rings (SSSR count). The van der Waals surface area contributed by atoms with Crippen LogP contribution in [0.15, 0.2) is 30.3 Å². The van der Waals surface area contributed by atoms with Crippen LogP contribution in [0.3, 0.4) is 0 Å². The van der Waals surface area contributed by atoms with E-state index in [4.69, 9.17) is 9.47 Å². The van der Waals surface area contributed by atoms with Crippen LogP contribution in [0.25, 0.3) is 0 Å². The lowest BCUT2D eigenvalue weighted by molar-refractivity contribution is 0.274. The van der Waals surface area contributed by atoms with Gasteiger partial charge in [0.25, 0.3) is 0 Å². The van der Waals surface area contributed by atoms with Crippen molar-refractivity contribution in [3.8, 4) is 17.4 Å². The number of aliphatic hydroxyl groups excluding tert-OH is 1. The first-order valence-corrected chi connectivity index (χ1v) is 7.12. The fourth-order valence-electron chi connectivity index (χ4n) is 2.04. The Morgan fingerprint density at radius 3 is 2.38 bits per heavy atom. The third kappa shape index (κ3) is 3.95. The smallest absolute Gasteiger partial charge is 0.225 e. The average Bonchev–Trinajstić information content (AvgIpc) is 2.46. The number of ether oxygens (including phenoxy) is 2. The first kappa shape index (κ1) is 15.3. The Morgan fingerprint density at radius 2 is 1.76 bits per heavy atom. The zero-order valence-corrected chi connectivity index (χ0v) is 12.7. The van der Waals surface area contributed by atoms with Gasteiger partial charge in [0, 0.05) is 11.3 Å². The quantitative estimate of drug-likeness (QED) is 0.878. The lowest BCUT2D eigenvalue weighted by Gasteiger charge is -2.12. The Kier molecular flexibility index (Phi) is 5.17. The van der Waals surface area contributed by atoms with E-state index in [1.165, 1.54) is 0 Å². The third-order valence-corrected chi connectivity index (χ3v) is 3.11. The number of aliphatic hydroxyl groups is 1. The zero-order valence-electron chi connectivity index (χ0n) is 12.7. The summed E-state index contributed by atoms with van der Waals surface area (Å²) in [5, 5.41) is 9.47. The van der Waals surface area contributed by atoms with Crippen LogP contribution in [0.2, 0.25) is 0 Å². The second kappa shape index (κ2) is 7.09. The normalized spacial score (nSPS) is 10.5. The summed E-state index contributed by atoms with van der Waals surface area (Å²) in [5.74, 6) is 1.95. The predicted molar refractivity (Wildman–Crippen MR) is 81.9 cm³/mol. The summed E-state index contributed by atoms with van der Waals surface area (Å²) in [6.07, 6.45) is 0.977. The fraction of sp³-hybridized carbons (Fsp3) is 0.353. The molecule has 4 nitrogen and oxygen atoms in total. The Bertz CT molecular complexity index is 594. The molecule has 0 fully saturated rings. The van der Waals surface area contributed by atoms with E-state index in [1.54, 1.807) is 0 Å². The summed E-state index contributed by atoms with van der Waals surface area (Å²) < 4.78 is 11.3. The number of pyridine rings is 1. The molecule has 0 unspecified atom stereocenters. The van der Waals surface area contributed by atoms with Crippen LogP contribution < -0.4 is 9.47 Å². The Hall–Kier alpha value is -2.07. The molecule has 2 aromatic rings. The molecule has 1 aromatic carbocycles. The Labute approximate surface area is 125 Å². The largest absolute Gasteiger partial charge is 0.494 e. The molecule has 0 saturated heterocycles. The van der Waals surface area contributed by atoms with Gasteiger partial charge in [0.1, 0.15) is 11.5 Å². The predicted octanol–water partition coefficient (Wildman–Crippen LogP) is 3.77. The Balaban J connectivity index is 2.18. The standard InChI is InChI=1S/C17H21NO3/c1-4-9-20-14-5-7-15(8-6-14)21-17-16(11-19)12(2)10-13(3)18-17/h5-8,10,19H,4,9,11H2,1-3H3. The molecule has 0 atom stereocenters. The molecule has 21 heavy (non-hydrogen) atoms. The molecule has 1 aromatic heterocycles. The van der Waals surface area contributed by atoms with Crippen molar-refractivity contribution < 1.29 is 14.6 Å². The average molecular weight is 287 g/mol. The molecule has 1 heterocycles. The number of rotatable bonds is 6. The third-order valence-electron chi connectivity index (χ3n) is 3.11. The van der Waals surface area contributed by atoms with Crippen LogP contribution in [0, 0.1) is 13.8 Å². The van der Waals surface area contributed by atoms with Crippen molar-refractivity contribution in [2.24, 2.45) is 0 Å². The number of benzene rings is 1. The van der Waals surface area contributed by atoms with Gasteiger partial charge in [0.2, 0.25) is 5.88 Å². The molecule has 0 amide bonds. The first-order chi connectivity index (χ1) is 10.1. The van der Waals surface area contributed by atoms with Gasteiger partial charge in [-0.3, -0.25) is 0 Å². The van der Waals surface area contributed by atoms with Gasteiger partial charge in [-0.25, -0.2) is 4.98 Å². The van der Waals surface area contributed by atoms with Crippen molar-refractivity contribution in [2.75, 3.05) is 6.61 Å². The minimum Gasteiger partial charge on any atom is -0.494 e. The van der Waals surface area contributed by atoms with E-state index in [0.29, 0.717) is 23.8 Å². The van der Waals surface area contributed by atoms with Crippen LogP contribution in [0.4, 0.5) is 0 Å². The van der Waals surface area contributed by atoms with Crippen LogP contribution in [-0.2, 0) is 6.61 Å². The van der Waals surface area contributed by atoms with Gasteiger partial charge in [-0.15, -0.1) is 0 Å². The SMILES string of the molecule is CCCOc1ccc(Oc2nc(C)cc(C)c2CO)cc1.